The summed E-state index contributed by atoms with van der Waals surface area (Å²) in [6, 6.07) is 25.8. The number of allylic oxidation sites excluding steroid dienone is 1. The van der Waals surface area contributed by atoms with E-state index in [1.165, 1.54) is 22.9 Å². The average Bonchev–Trinajstić information content (AvgIpc) is 3.00. The molecule has 0 spiro atoms. The van der Waals surface area contributed by atoms with E-state index < -0.39 is 0 Å². The Labute approximate surface area is 234 Å². The number of nitrogens with zero attached hydrogens (tertiary/aromatic N) is 2. The van der Waals surface area contributed by atoms with E-state index in [9.17, 15) is 4.79 Å². The normalized spacial score (nSPS) is 17.7. The molecule has 1 unspecified atom stereocenters. The minimum atomic E-state index is -0.115. The molecule has 3 aromatic carbocycles. The van der Waals surface area contributed by atoms with Crippen LogP contribution in [0.3, 0.4) is 0 Å². The number of benzene rings is 3. The molecule has 5 rings (SSSR count). The van der Waals surface area contributed by atoms with Crippen molar-refractivity contribution in [3.63, 3.8) is 0 Å². The molecule has 0 bridgehead atoms. The Kier molecular flexibility index (Phi) is 8.37. The molecule has 7 heteroatoms. The molecule has 0 saturated heterocycles. The summed E-state index contributed by atoms with van der Waals surface area (Å²) in [7, 11) is 5.16. The molecule has 6 nitrogen and oxygen atoms in total. The number of ether oxygens (including phenoxy) is 2. The van der Waals surface area contributed by atoms with Gasteiger partial charge in [0.25, 0.3) is 0 Å². The fraction of sp³-hybridized carbons (Fsp3) is 0.250. The van der Waals surface area contributed by atoms with Gasteiger partial charge in [0.1, 0.15) is 17.5 Å². The van der Waals surface area contributed by atoms with Gasteiger partial charge in [-0.15, -0.1) is 0 Å². The van der Waals surface area contributed by atoms with Gasteiger partial charge in [-0.2, -0.15) is 0 Å². The summed E-state index contributed by atoms with van der Waals surface area (Å²) < 4.78 is 10.7. The van der Waals surface area contributed by atoms with Crippen LogP contribution in [0.4, 0.5) is 5.69 Å². The van der Waals surface area contributed by atoms with E-state index in [4.69, 9.17) is 14.5 Å². The third kappa shape index (κ3) is 6.20. The zero-order valence-corrected chi connectivity index (χ0v) is 23.3. The summed E-state index contributed by atoms with van der Waals surface area (Å²) >= 11 is 1.45. The van der Waals surface area contributed by atoms with Crippen molar-refractivity contribution in [2.24, 2.45) is 4.99 Å². The van der Waals surface area contributed by atoms with Crippen LogP contribution in [-0.2, 0) is 4.79 Å². The van der Waals surface area contributed by atoms with Crippen LogP contribution < -0.4 is 19.7 Å². The summed E-state index contributed by atoms with van der Waals surface area (Å²) in [5, 5.41) is 4.37. The van der Waals surface area contributed by atoms with Crippen molar-refractivity contribution in [3.05, 3.63) is 107 Å². The molecule has 1 aliphatic carbocycles. The van der Waals surface area contributed by atoms with Gasteiger partial charge in [-0.25, -0.2) is 4.99 Å². The lowest BCUT2D eigenvalue weighted by atomic mass is 9.84. The van der Waals surface area contributed by atoms with Gasteiger partial charge in [0.2, 0.25) is 5.91 Å². The van der Waals surface area contributed by atoms with Crippen LogP contribution in [0.15, 0.2) is 101 Å². The Morgan fingerprint density at radius 3 is 2.31 bits per heavy atom. The maximum absolute atomic E-state index is 13.0. The molecule has 1 heterocycles. The predicted molar refractivity (Wildman–Crippen MR) is 160 cm³/mol. The van der Waals surface area contributed by atoms with Crippen LogP contribution in [-0.4, -0.2) is 38.1 Å². The summed E-state index contributed by atoms with van der Waals surface area (Å²) in [6.07, 6.45) is 5.25. The quantitative estimate of drug-likeness (QED) is 0.366. The van der Waals surface area contributed by atoms with Crippen molar-refractivity contribution in [2.75, 3.05) is 31.9 Å². The van der Waals surface area contributed by atoms with Crippen LogP contribution >= 0.6 is 11.8 Å². The molecule has 39 heavy (non-hydrogen) atoms. The number of methoxy groups -OCH3 is 2. The molecule has 0 fully saturated rings. The number of carbonyl (C=O) groups is 1. The van der Waals surface area contributed by atoms with Gasteiger partial charge < -0.3 is 19.7 Å². The molecule has 0 radical (unpaired) electrons. The van der Waals surface area contributed by atoms with E-state index in [0.717, 1.165) is 58.4 Å². The first-order valence-electron chi connectivity index (χ1n) is 13.1. The van der Waals surface area contributed by atoms with E-state index in [-0.39, 0.29) is 17.7 Å². The number of carbonyl (C=O) groups excluding carboxylic acids is 1. The molecular weight excluding hydrogens is 506 g/mol. The lowest BCUT2D eigenvalue weighted by molar-refractivity contribution is -0.115. The van der Waals surface area contributed by atoms with Gasteiger partial charge in [-0.05, 0) is 84.0 Å². The zero-order chi connectivity index (χ0) is 27.2. The fourth-order valence-electron chi connectivity index (χ4n) is 4.90. The fourth-order valence-corrected chi connectivity index (χ4v) is 5.71. The summed E-state index contributed by atoms with van der Waals surface area (Å²) in [4.78, 5) is 19.8. The molecular formula is C32H33N3O3S. The van der Waals surface area contributed by atoms with E-state index in [2.05, 4.69) is 35.7 Å². The van der Waals surface area contributed by atoms with Gasteiger partial charge in [-0.1, -0.05) is 54.2 Å². The van der Waals surface area contributed by atoms with Crippen LogP contribution in [0, 0.1) is 0 Å². The van der Waals surface area contributed by atoms with Crippen molar-refractivity contribution in [1.29, 1.82) is 0 Å². The van der Waals surface area contributed by atoms with Gasteiger partial charge in [0.05, 0.1) is 20.0 Å². The molecule has 0 saturated carbocycles. The topological polar surface area (TPSA) is 63.2 Å². The minimum Gasteiger partial charge on any atom is -0.497 e. The maximum atomic E-state index is 13.0. The van der Waals surface area contributed by atoms with Gasteiger partial charge in [0, 0.05) is 18.4 Å². The number of hydrogen-bond acceptors (Lipinski definition) is 6. The molecule has 1 amide bonds. The summed E-state index contributed by atoms with van der Waals surface area (Å²) in [6.45, 7) is 0. The Morgan fingerprint density at radius 1 is 0.974 bits per heavy atom. The highest BCUT2D eigenvalue weighted by Gasteiger charge is 2.30. The number of thioether (sulfide) groups is 1. The van der Waals surface area contributed by atoms with E-state index >= 15 is 0 Å². The monoisotopic (exact) mass is 539 g/mol. The zero-order valence-electron chi connectivity index (χ0n) is 22.5. The highest BCUT2D eigenvalue weighted by atomic mass is 32.2. The lowest BCUT2D eigenvalue weighted by Crippen LogP contribution is -2.33. The maximum Gasteiger partial charge on any atom is 0.237 e. The molecule has 2 aliphatic rings. The second-order valence-electron chi connectivity index (χ2n) is 9.51. The number of nitrogens with one attached hydrogen (secondary N) is 1. The van der Waals surface area contributed by atoms with Crippen molar-refractivity contribution < 1.29 is 14.3 Å². The standard InChI is InChI=1S/C32H33N3O3S/c1-35(25-9-5-4-6-10-25)29(36)21-39-32-33-30(23-14-18-27(38-3)19-15-23)28-11-7-8-24(31(28)34-32)20-22-12-16-26(37-2)17-13-22/h4-6,9-10,12-20,30H,7-8,11,21H2,1-3H3,(H,33,34). The van der Waals surface area contributed by atoms with Gasteiger partial charge in [-0.3, -0.25) is 4.79 Å². The van der Waals surface area contributed by atoms with Crippen molar-refractivity contribution in [2.45, 2.75) is 25.3 Å². The Balaban J connectivity index is 1.43. The molecule has 200 valence electrons. The Morgan fingerprint density at radius 2 is 1.64 bits per heavy atom. The van der Waals surface area contributed by atoms with Crippen LogP contribution in [0.2, 0.25) is 0 Å². The van der Waals surface area contributed by atoms with Gasteiger partial charge >= 0.3 is 0 Å². The minimum absolute atomic E-state index is 0.0223. The van der Waals surface area contributed by atoms with Crippen LogP contribution in [0.25, 0.3) is 6.08 Å². The Hall–Kier alpha value is -3.97. The number of aliphatic imine (C=N–C) groups is 1. The Bertz CT molecular complexity index is 1400. The van der Waals surface area contributed by atoms with E-state index in [1.807, 2.05) is 61.6 Å². The molecule has 3 aromatic rings. The third-order valence-electron chi connectivity index (χ3n) is 7.08. The number of hydrogen-bond donors (Lipinski definition) is 1. The van der Waals surface area contributed by atoms with Crippen LogP contribution in [0.5, 0.6) is 11.5 Å². The summed E-state index contributed by atoms with van der Waals surface area (Å²) in [5.41, 5.74) is 6.77. The number of anilines is 1. The average molecular weight is 540 g/mol. The smallest absolute Gasteiger partial charge is 0.237 e. The second kappa shape index (κ2) is 12.3. The summed E-state index contributed by atoms with van der Waals surface area (Å²) in [5.74, 6) is 1.96. The first-order valence-corrected chi connectivity index (χ1v) is 14.1. The number of amides is 1. The first kappa shape index (κ1) is 26.6. The molecule has 1 N–H and O–H groups in total. The highest BCUT2D eigenvalue weighted by Crippen LogP contribution is 2.42. The highest BCUT2D eigenvalue weighted by molar-refractivity contribution is 8.14. The van der Waals surface area contributed by atoms with E-state index in [0.29, 0.717) is 0 Å². The first-order chi connectivity index (χ1) is 19.1. The predicted octanol–water partition coefficient (Wildman–Crippen LogP) is 6.62. The number of para-hydroxylation sites is 1. The van der Waals surface area contributed by atoms with Crippen LogP contribution in [0.1, 0.15) is 36.4 Å². The largest absolute Gasteiger partial charge is 0.497 e. The van der Waals surface area contributed by atoms with E-state index in [1.54, 1.807) is 19.1 Å². The molecule has 0 aromatic heterocycles. The second-order valence-corrected chi connectivity index (χ2v) is 10.5. The number of rotatable bonds is 7. The SMILES string of the molecule is COc1ccc(C=C2CCCC3=C2NC(SCC(=O)N(C)c2ccccc2)=NC3c2ccc(OC)cc2)cc1. The molecule has 1 aliphatic heterocycles. The lowest BCUT2D eigenvalue weighted by Gasteiger charge is -2.33. The number of amidine groups is 1. The van der Waals surface area contributed by atoms with Gasteiger partial charge in [0.15, 0.2) is 5.17 Å². The van der Waals surface area contributed by atoms with Crippen molar-refractivity contribution in [3.8, 4) is 11.5 Å². The van der Waals surface area contributed by atoms with Crippen molar-refractivity contribution >= 4 is 34.6 Å². The van der Waals surface area contributed by atoms with Crippen molar-refractivity contribution in [1.82, 2.24) is 5.32 Å². The molecule has 1 atom stereocenters. The third-order valence-corrected chi connectivity index (χ3v) is 7.95.